The molecular formula is C30H50O4. The van der Waals surface area contributed by atoms with Crippen LogP contribution in [0.3, 0.4) is 0 Å². The molecule has 0 bridgehead atoms. The maximum atomic E-state index is 12.3. The van der Waals surface area contributed by atoms with E-state index in [1.165, 1.54) is 12.0 Å². The summed E-state index contributed by atoms with van der Waals surface area (Å²) in [6.07, 6.45) is 9.88. The number of carbonyl (C=O) groups is 1. The second-order valence-electron chi connectivity index (χ2n) is 13.4. The number of fused-ring (bicyclic) bond motifs is 5. The minimum Gasteiger partial charge on any atom is -0.462 e. The van der Waals surface area contributed by atoms with Crippen molar-refractivity contribution in [3.05, 3.63) is 11.6 Å². The van der Waals surface area contributed by atoms with Gasteiger partial charge in [0.15, 0.2) is 0 Å². The Morgan fingerprint density at radius 1 is 1.15 bits per heavy atom. The third-order valence-corrected chi connectivity index (χ3v) is 11.5. The van der Waals surface area contributed by atoms with Crippen LogP contribution in [0.4, 0.5) is 0 Å². The normalized spacial score (nSPS) is 44.4. The predicted molar refractivity (Wildman–Crippen MR) is 136 cm³/mol. The van der Waals surface area contributed by atoms with Crippen LogP contribution in [0.15, 0.2) is 11.6 Å². The summed E-state index contributed by atoms with van der Waals surface area (Å²) >= 11 is 0. The fourth-order valence-corrected chi connectivity index (χ4v) is 9.12. The molecule has 4 heteroatoms. The summed E-state index contributed by atoms with van der Waals surface area (Å²) in [4.78, 5) is 12.3. The van der Waals surface area contributed by atoms with Gasteiger partial charge in [-0.3, -0.25) is 4.79 Å². The summed E-state index contributed by atoms with van der Waals surface area (Å²) in [6.45, 7) is 15.3. The fourth-order valence-electron chi connectivity index (χ4n) is 9.12. The van der Waals surface area contributed by atoms with Gasteiger partial charge in [-0.2, -0.15) is 0 Å². The van der Waals surface area contributed by atoms with Crippen LogP contribution in [0, 0.1) is 52.3 Å². The third kappa shape index (κ3) is 4.29. The molecule has 0 aliphatic heterocycles. The Morgan fingerprint density at radius 2 is 1.85 bits per heavy atom. The Labute approximate surface area is 207 Å². The highest BCUT2D eigenvalue weighted by Gasteiger charge is 2.64. The van der Waals surface area contributed by atoms with E-state index in [4.69, 9.17) is 4.74 Å². The van der Waals surface area contributed by atoms with Crippen LogP contribution in [0.2, 0.25) is 0 Å². The highest BCUT2D eigenvalue weighted by molar-refractivity contribution is 5.66. The SMILES string of the molecule is CC(=O)O[C@@H]1C[C@H]2[C@@H](CC=C3C[C@@H](O)CC[C@@]32C)[C@@H]2CC[C@H]([C@H](C)C[C@@H](O)[C@@H](C)C(C)C)[C@@]12C. The monoisotopic (exact) mass is 474 g/mol. The van der Waals surface area contributed by atoms with Gasteiger partial charge in [0, 0.05) is 12.3 Å². The number of aliphatic hydroxyl groups is 2. The number of allylic oxidation sites excluding steroid dienone is 1. The van der Waals surface area contributed by atoms with Gasteiger partial charge in [0.05, 0.1) is 12.2 Å². The number of ether oxygens (including phenoxy) is 1. The Morgan fingerprint density at radius 3 is 2.50 bits per heavy atom. The van der Waals surface area contributed by atoms with Crippen LogP contribution in [0.25, 0.3) is 0 Å². The minimum atomic E-state index is -0.283. The van der Waals surface area contributed by atoms with E-state index in [1.807, 2.05) is 0 Å². The molecule has 194 valence electrons. The molecule has 0 aromatic rings. The second kappa shape index (κ2) is 9.54. The molecule has 4 aliphatic carbocycles. The molecule has 0 saturated heterocycles. The lowest BCUT2D eigenvalue weighted by Gasteiger charge is -2.60. The Kier molecular flexibility index (Phi) is 7.35. The molecule has 4 rings (SSSR count). The lowest BCUT2D eigenvalue weighted by Crippen LogP contribution is -2.57. The molecule has 34 heavy (non-hydrogen) atoms. The third-order valence-electron chi connectivity index (χ3n) is 11.5. The van der Waals surface area contributed by atoms with E-state index in [0.717, 1.165) is 44.9 Å². The van der Waals surface area contributed by atoms with Crippen molar-refractivity contribution in [2.24, 2.45) is 52.3 Å². The number of rotatable bonds is 6. The molecule has 3 fully saturated rings. The molecule has 0 amide bonds. The van der Waals surface area contributed by atoms with Crippen molar-refractivity contribution in [1.29, 1.82) is 0 Å². The minimum absolute atomic E-state index is 0.0388. The summed E-state index contributed by atoms with van der Waals surface area (Å²) in [6, 6.07) is 0. The number of carbonyl (C=O) groups excluding carboxylic acids is 1. The van der Waals surface area contributed by atoms with Gasteiger partial charge in [-0.1, -0.05) is 53.2 Å². The molecule has 4 aliphatic rings. The quantitative estimate of drug-likeness (QED) is 0.358. The summed E-state index contributed by atoms with van der Waals surface area (Å²) in [7, 11) is 0. The Bertz CT molecular complexity index is 789. The number of esters is 1. The van der Waals surface area contributed by atoms with Gasteiger partial charge in [-0.15, -0.1) is 0 Å². The van der Waals surface area contributed by atoms with Crippen molar-refractivity contribution in [2.45, 2.75) is 118 Å². The molecule has 0 radical (unpaired) electrons. The molecular weight excluding hydrogens is 424 g/mol. The fraction of sp³-hybridized carbons (Fsp3) is 0.900. The van der Waals surface area contributed by atoms with Gasteiger partial charge in [0.2, 0.25) is 0 Å². The van der Waals surface area contributed by atoms with E-state index in [1.54, 1.807) is 6.92 Å². The molecule has 2 N–H and O–H groups in total. The molecule has 11 atom stereocenters. The topological polar surface area (TPSA) is 66.8 Å². The maximum absolute atomic E-state index is 12.3. The van der Waals surface area contributed by atoms with Crippen molar-refractivity contribution in [3.63, 3.8) is 0 Å². The average molecular weight is 475 g/mol. The lowest BCUT2D eigenvalue weighted by atomic mass is 9.46. The first kappa shape index (κ1) is 26.2. The van der Waals surface area contributed by atoms with E-state index >= 15 is 0 Å². The maximum Gasteiger partial charge on any atom is 0.302 e. The molecule has 0 aromatic carbocycles. The first-order chi connectivity index (χ1) is 15.9. The highest BCUT2D eigenvalue weighted by Crippen LogP contribution is 2.68. The van der Waals surface area contributed by atoms with E-state index < -0.39 is 0 Å². The Balaban J connectivity index is 1.63. The zero-order chi connectivity index (χ0) is 25.0. The van der Waals surface area contributed by atoms with E-state index in [0.29, 0.717) is 35.5 Å². The number of hydrogen-bond acceptors (Lipinski definition) is 4. The summed E-state index contributed by atoms with van der Waals surface area (Å²) in [5, 5.41) is 21.3. The second-order valence-corrected chi connectivity index (χ2v) is 13.4. The Hall–Kier alpha value is -0.870. The van der Waals surface area contributed by atoms with Gasteiger partial charge in [-0.25, -0.2) is 0 Å². The summed E-state index contributed by atoms with van der Waals surface area (Å²) < 4.78 is 6.20. The largest absolute Gasteiger partial charge is 0.462 e. The van der Waals surface area contributed by atoms with Crippen molar-refractivity contribution in [2.75, 3.05) is 0 Å². The zero-order valence-electron chi connectivity index (χ0n) is 22.7. The number of hydrogen-bond donors (Lipinski definition) is 2. The van der Waals surface area contributed by atoms with Crippen molar-refractivity contribution in [1.82, 2.24) is 0 Å². The van der Waals surface area contributed by atoms with Crippen LogP contribution in [-0.2, 0) is 9.53 Å². The van der Waals surface area contributed by atoms with Gasteiger partial charge in [0.1, 0.15) is 6.10 Å². The van der Waals surface area contributed by atoms with Gasteiger partial charge in [-0.05, 0) is 98.2 Å². The number of aliphatic hydroxyl groups excluding tert-OH is 2. The molecule has 0 unspecified atom stereocenters. The average Bonchev–Trinajstić information content (AvgIpc) is 3.12. The van der Waals surface area contributed by atoms with E-state index in [-0.39, 0.29) is 41.0 Å². The standard InChI is InChI=1S/C30H50O4/c1-17(2)19(4)27(33)14-18(3)24-10-11-25-23-9-8-21-15-22(32)12-13-29(21,6)26(23)16-28(30(24,25)7)34-20(5)31/h8,17-19,22-28,32-33H,9-16H2,1-7H3/t18-,19+,22+,23+,24-,25+,26+,27-,28-,29+,30-/m1/s1. The van der Waals surface area contributed by atoms with Crippen LogP contribution >= 0.6 is 0 Å². The molecule has 0 spiro atoms. The van der Waals surface area contributed by atoms with Crippen molar-refractivity contribution >= 4 is 5.97 Å². The summed E-state index contributed by atoms with van der Waals surface area (Å²) in [5.41, 5.74) is 1.53. The van der Waals surface area contributed by atoms with Gasteiger partial charge >= 0.3 is 5.97 Å². The van der Waals surface area contributed by atoms with Crippen molar-refractivity contribution in [3.8, 4) is 0 Å². The first-order valence-corrected chi connectivity index (χ1v) is 14.1. The van der Waals surface area contributed by atoms with Crippen LogP contribution in [0.5, 0.6) is 0 Å². The van der Waals surface area contributed by atoms with Crippen LogP contribution in [0.1, 0.15) is 99.8 Å². The first-order valence-electron chi connectivity index (χ1n) is 14.1. The lowest BCUT2D eigenvalue weighted by molar-refractivity contribution is -0.180. The van der Waals surface area contributed by atoms with Crippen molar-refractivity contribution < 1.29 is 19.7 Å². The van der Waals surface area contributed by atoms with Gasteiger partial charge in [0.25, 0.3) is 0 Å². The van der Waals surface area contributed by atoms with Crippen LogP contribution in [-0.4, -0.2) is 34.5 Å². The molecule has 3 saturated carbocycles. The van der Waals surface area contributed by atoms with E-state index in [2.05, 4.69) is 47.6 Å². The smallest absolute Gasteiger partial charge is 0.302 e. The molecule has 4 nitrogen and oxygen atoms in total. The predicted octanol–water partition coefficient (Wildman–Crippen LogP) is 6.15. The van der Waals surface area contributed by atoms with Crippen LogP contribution < -0.4 is 0 Å². The highest BCUT2D eigenvalue weighted by atomic mass is 16.5. The summed E-state index contributed by atoms with van der Waals surface area (Å²) in [5.74, 6) is 3.14. The molecule has 0 aromatic heterocycles. The zero-order valence-corrected chi connectivity index (χ0v) is 22.7. The molecule has 0 heterocycles. The van der Waals surface area contributed by atoms with Gasteiger partial charge < -0.3 is 14.9 Å². The van der Waals surface area contributed by atoms with E-state index in [9.17, 15) is 15.0 Å².